The van der Waals surface area contributed by atoms with E-state index in [9.17, 15) is 4.79 Å². The fourth-order valence-corrected chi connectivity index (χ4v) is 3.01. The van der Waals surface area contributed by atoms with Gasteiger partial charge in [0.15, 0.2) is 11.5 Å². The van der Waals surface area contributed by atoms with Gasteiger partial charge in [-0.15, -0.1) is 0 Å². The van der Waals surface area contributed by atoms with Crippen LogP contribution in [0.3, 0.4) is 0 Å². The lowest BCUT2D eigenvalue weighted by atomic mass is 10.1. The lowest BCUT2D eigenvalue weighted by Gasteiger charge is -2.20. The molecule has 0 saturated carbocycles. The molecule has 0 saturated heterocycles. The fourth-order valence-electron chi connectivity index (χ4n) is 2.81. The molecule has 0 aliphatic carbocycles. The standard InChI is InChI=1S/C21H24ClNO4/c1-14-6-7-15(2)18(11-14)25-8-4-3-5-21(24)23-17-13-20-19(12-16(17)22)26-9-10-27-20/h6-7,11-13H,3-5,8-10H2,1-2H3,(H,23,24). The van der Waals surface area contributed by atoms with Crippen molar-refractivity contribution in [2.24, 2.45) is 0 Å². The third kappa shape index (κ3) is 5.30. The normalized spacial score (nSPS) is 12.6. The van der Waals surface area contributed by atoms with Gasteiger partial charge >= 0.3 is 0 Å². The molecule has 1 aliphatic heterocycles. The molecule has 2 aromatic rings. The Bertz CT molecular complexity index is 822. The number of fused-ring (bicyclic) bond motifs is 1. The zero-order valence-corrected chi connectivity index (χ0v) is 16.4. The van der Waals surface area contributed by atoms with Gasteiger partial charge in [-0.2, -0.15) is 0 Å². The molecule has 0 spiro atoms. The molecule has 1 N–H and O–H groups in total. The minimum Gasteiger partial charge on any atom is -0.493 e. The Hall–Kier alpha value is -2.40. The lowest BCUT2D eigenvalue weighted by molar-refractivity contribution is -0.116. The highest BCUT2D eigenvalue weighted by Crippen LogP contribution is 2.38. The highest BCUT2D eigenvalue weighted by Gasteiger charge is 2.16. The summed E-state index contributed by atoms with van der Waals surface area (Å²) in [4.78, 5) is 12.2. The molecule has 0 radical (unpaired) electrons. The maximum Gasteiger partial charge on any atom is 0.224 e. The van der Waals surface area contributed by atoms with E-state index >= 15 is 0 Å². The highest BCUT2D eigenvalue weighted by molar-refractivity contribution is 6.34. The van der Waals surface area contributed by atoms with Crippen LogP contribution in [0.2, 0.25) is 5.02 Å². The van der Waals surface area contributed by atoms with Crippen molar-refractivity contribution >= 4 is 23.2 Å². The predicted octanol–water partition coefficient (Wildman–Crippen LogP) is 4.92. The van der Waals surface area contributed by atoms with E-state index in [4.69, 9.17) is 25.8 Å². The first-order chi connectivity index (χ1) is 13.0. The molecule has 3 rings (SSSR count). The number of unbranched alkanes of at least 4 members (excludes halogenated alkanes) is 1. The Labute approximate surface area is 164 Å². The zero-order valence-electron chi connectivity index (χ0n) is 15.6. The number of anilines is 1. The number of hydrogen-bond acceptors (Lipinski definition) is 4. The zero-order chi connectivity index (χ0) is 19.2. The topological polar surface area (TPSA) is 56.8 Å². The predicted molar refractivity (Wildman–Crippen MR) is 106 cm³/mol. The van der Waals surface area contributed by atoms with E-state index in [1.54, 1.807) is 12.1 Å². The first-order valence-electron chi connectivity index (χ1n) is 9.12. The molecule has 6 heteroatoms. The molecule has 0 atom stereocenters. The van der Waals surface area contributed by atoms with Crippen molar-refractivity contribution in [1.82, 2.24) is 0 Å². The Kier molecular flexibility index (Phi) is 6.45. The minimum absolute atomic E-state index is 0.0830. The Balaban J connectivity index is 1.43. The van der Waals surface area contributed by atoms with Gasteiger partial charge < -0.3 is 19.5 Å². The van der Waals surface area contributed by atoms with Crippen LogP contribution in [0.15, 0.2) is 30.3 Å². The van der Waals surface area contributed by atoms with Crippen LogP contribution in [0.5, 0.6) is 17.2 Å². The summed E-state index contributed by atoms with van der Waals surface area (Å²) in [6, 6.07) is 9.53. The van der Waals surface area contributed by atoms with Crippen LogP contribution < -0.4 is 19.5 Å². The summed E-state index contributed by atoms with van der Waals surface area (Å²) < 4.78 is 16.8. The number of aryl methyl sites for hydroxylation is 2. The molecule has 144 valence electrons. The lowest BCUT2D eigenvalue weighted by Crippen LogP contribution is -2.16. The second kappa shape index (κ2) is 9.00. The summed E-state index contributed by atoms with van der Waals surface area (Å²) in [7, 11) is 0. The molecule has 0 fully saturated rings. The van der Waals surface area contributed by atoms with Gasteiger partial charge in [0.2, 0.25) is 5.91 Å². The third-order valence-corrected chi connectivity index (χ3v) is 4.62. The molecular weight excluding hydrogens is 366 g/mol. The van der Waals surface area contributed by atoms with Crippen molar-refractivity contribution in [3.05, 3.63) is 46.5 Å². The van der Waals surface area contributed by atoms with E-state index in [2.05, 4.69) is 17.4 Å². The summed E-state index contributed by atoms with van der Waals surface area (Å²) >= 11 is 6.21. The first kappa shape index (κ1) is 19.4. The summed E-state index contributed by atoms with van der Waals surface area (Å²) in [6.45, 7) is 5.64. The Morgan fingerprint density at radius 3 is 2.63 bits per heavy atom. The van der Waals surface area contributed by atoms with E-state index < -0.39 is 0 Å². The number of rotatable bonds is 7. The number of hydrogen-bond donors (Lipinski definition) is 1. The van der Waals surface area contributed by atoms with Crippen LogP contribution in [-0.4, -0.2) is 25.7 Å². The molecule has 0 unspecified atom stereocenters. The van der Waals surface area contributed by atoms with Crippen molar-refractivity contribution in [2.45, 2.75) is 33.1 Å². The van der Waals surface area contributed by atoms with Crippen LogP contribution in [0.25, 0.3) is 0 Å². The smallest absolute Gasteiger partial charge is 0.224 e. The van der Waals surface area contributed by atoms with Gasteiger partial charge in [-0.3, -0.25) is 4.79 Å². The number of carbonyl (C=O) groups excluding carboxylic acids is 1. The van der Waals surface area contributed by atoms with Crippen LogP contribution in [0.4, 0.5) is 5.69 Å². The summed E-state index contributed by atoms with van der Waals surface area (Å²) in [6.07, 6.45) is 1.94. The minimum atomic E-state index is -0.0830. The highest BCUT2D eigenvalue weighted by atomic mass is 35.5. The fraction of sp³-hybridized carbons (Fsp3) is 0.381. The number of benzene rings is 2. The third-order valence-electron chi connectivity index (χ3n) is 4.31. The van der Waals surface area contributed by atoms with Crippen LogP contribution in [-0.2, 0) is 4.79 Å². The summed E-state index contributed by atoms with van der Waals surface area (Å²) in [5.74, 6) is 2.03. The SMILES string of the molecule is Cc1ccc(C)c(OCCCCC(=O)Nc2cc3c(cc2Cl)OCCO3)c1. The molecule has 1 aliphatic rings. The van der Waals surface area contributed by atoms with E-state index in [-0.39, 0.29) is 5.91 Å². The largest absolute Gasteiger partial charge is 0.493 e. The van der Waals surface area contributed by atoms with Gasteiger partial charge in [0, 0.05) is 18.6 Å². The van der Waals surface area contributed by atoms with Crippen molar-refractivity contribution in [3.63, 3.8) is 0 Å². The second-order valence-electron chi connectivity index (χ2n) is 6.60. The van der Waals surface area contributed by atoms with Crippen molar-refractivity contribution < 1.29 is 19.0 Å². The van der Waals surface area contributed by atoms with Crippen LogP contribution in [0.1, 0.15) is 30.4 Å². The van der Waals surface area contributed by atoms with Crippen molar-refractivity contribution in [1.29, 1.82) is 0 Å². The number of carbonyl (C=O) groups is 1. The molecule has 1 heterocycles. The van der Waals surface area contributed by atoms with Crippen LogP contribution >= 0.6 is 11.6 Å². The Morgan fingerprint density at radius 1 is 1.11 bits per heavy atom. The van der Waals surface area contributed by atoms with Gasteiger partial charge in [0.1, 0.15) is 19.0 Å². The van der Waals surface area contributed by atoms with Gasteiger partial charge in [-0.1, -0.05) is 23.7 Å². The number of nitrogens with one attached hydrogen (secondary N) is 1. The second-order valence-corrected chi connectivity index (χ2v) is 7.01. The van der Waals surface area contributed by atoms with E-state index in [0.717, 1.165) is 24.2 Å². The Morgan fingerprint density at radius 2 is 1.85 bits per heavy atom. The summed E-state index contributed by atoms with van der Waals surface area (Å²) in [5, 5.41) is 3.27. The average Bonchev–Trinajstić information content (AvgIpc) is 2.65. The molecule has 27 heavy (non-hydrogen) atoms. The number of halogens is 1. The maximum absolute atomic E-state index is 12.2. The quantitative estimate of drug-likeness (QED) is 0.683. The molecule has 5 nitrogen and oxygen atoms in total. The molecular formula is C21H24ClNO4. The van der Waals surface area contributed by atoms with Crippen molar-refractivity contribution in [2.75, 3.05) is 25.1 Å². The number of amides is 1. The van der Waals surface area contributed by atoms with E-state index in [1.165, 1.54) is 5.56 Å². The molecule has 0 aromatic heterocycles. The first-order valence-corrected chi connectivity index (χ1v) is 9.50. The molecule has 0 bridgehead atoms. The van der Waals surface area contributed by atoms with Crippen LogP contribution in [0, 0.1) is 13.8 Å². The monoisotopic (exact) mass is 389 g/mol. The summed E-state index contributed by atoms with van der Waals surface area (Å²) in [5.41, 5.74) is 2.83. The van der Waals surface area contributed by atoms with Crippen molar-refractivity contribution in [3.8, 4) is 17.2 Å². The van der Waals surface area contributed by atoms with Gasteiger partial charge in [-0.05, 0) is 43.9 Å². The average molecular weight is 390 g/mol. The van der Waals surface area contributed by atoms with Gasteiger partial charge in [0.05, 0.1) is 17.3 Å². The maximum atomic E-state index is 12.2. The molecule has 2 aromatic carbocycles. The van der Waals surface area contributed by atoms with Gasteiger partial charge in [-0.25, -0.2) is 0 Å². The van der Waals surface area contributed by atoms with Gasteiger partial charge in [0.25, 0.3) is 0 Å². The molecule has 1 amide bonds. The van der Waals surface area contributed by atoms with E-state index in [1.807, 2.05) is 19.9 Å². The van der Waals surface area contributed by atoms with E-state index in [0.29, 0.717) is 48.5 Å². The number of ether oxygens (including phenoxy) is 3.